The van der Waals surface area contributed by atoms with E-state index in [2.05, 4.69) is 9.72 Å². The van der Waals surface area contributed by atoms with E-state index in [1.807, 2.05) is 0 Å². The molecule has 0 aliphatic rings. The van der Waals surface area contributed by atoms with Gasteiger partial charge in [0.15, 0.2) is 5.82 Å². The lowest BCUT2D eigenvalue weighted by Gasteiger charge is -2.09. The molecule has 0 bridgehead atoms. The molecular weight excluding hydrogens is 223 g/mol. The monoisotopic (exact) mass is 233 g/mol. The van der Waals surface area contributed by atoms with Crippen molar-refractivity contribution in [3.8, 4) is 0 Å². The zero-order valence-electron chi connectivity index (χ0n) is 8.76. The molecule has 0 radical (unpaired) electrons. The summed E-state index contributed by atoms with van der Waals surface area (Å²) in [7, 11) is 1.13. The number of hydrogen-bond acceptors (Lipinski definition) is 3. The lowest BCUT2D eigenvalue weighted by molar-refractivity contribution is -0.139. The smallest absolute Gasteiger partial charge is 0.311 e. The Morgan fingerprint density at radius 1 is 1.56 bits per heavy atom. The van der Waals surface area contributed by atoms with Gasteiger partial charge in [0.25, 0.3) is 6.43 Å². The lowest BCUT2D eigenvalue weighted by Crippen LogP contribution is -2.10. The Morgan fingerprint density at radius 2 is 2.19 bits per heavy atom. The first-order valence-electron chi connectivity index (χ1n) is 4.46. The van der Waals surface area contributed by atoms with E-state index >= 15 is 0 Å². The van der Waals surface area contributed by atoms with Gasteiger partial charge in [-0.25, -0.2) is 13.2 Å². The zero-order valence-corrected chi connectivity index (χ0v) is 8.76. The van der Waals surface area contributed by atoms with Gasteiger partial charge in [-0.15, -0.1) is 0 Å². The predicted octanol–water partition coefficient (Wildman–Crippen LogP) is 2.18. The number of pyridine rings is 1. The average molecular weight is 233 g/mol. The van der Waals surface area contributed by atoms with Crippen LogP contribution in [-0.2, 0) is 16.0 Å². The van der Waals surface area contributed by atoms with Crippen LogP contribution in [0.1, 0.15) is 23.2 Å². The number of nitrogens with zero attached hydrogens (tertiary/aromatic N) is 1. The van der Waals surface area contributed by atoms with E-state index in [0.29, 0.717) is 0 Å². The molecule has 0 aliphatic carbocycles. The molecule has 0 spiro atoms. The van der Waals surface area contributed by atoms with Crippen LogP contribution < -0.4 is 0 Å². The number of alkyl halides is 2. The van der Waals surface area contributed by atoms with E-state index in [0.717, 1.165) is 13.3 Å². The third kappa shape index (κ3) is 2.50. The van der Waals surface area contributed by atoms with Crippen LogP contribution in [0.3, 0.4) is 0 Å². The summed E-state index contributed by atoms with van der Waals surface area (Å²) < 4.78 is 42.8. The summed E-state index contributed by atoms with van der Waals surface area (Å²) in [6.45, 7) is 1.33. The van der Waals surface area contributed by atoms with E-state index in [4.69, 9.17) is 0 Å². The van der Waals surface area contributed by atoms with Crippen molar-refractivity contribution in [2.24, 2.45) is 0 Å². The van der Waals surface area contributed by atoms with Crippen molar-refractivity contribution in [3.63, 3.8) is 0 Å². The summed E-state index contributed by atoms with van der Waals surface area (Å²) in [6, 6.07) is 0. The molecule has 0 aliphatic heterocycles. The molecule has 3 nitrogen and oxygen atoms in total. The standard InChI is InChI=1S/C10H10F3NO2/c1-5-4-14-6(3-7(15)16-2)9(11)8(5)10(12)13/h4,10H,3H2,1-2H3. The minimum absolute atomic E-state index is 0.0566. The minimum atomic E-state index is -2.93. The van der Waals surface area contributed by atoms with Gasteiger partial charge in [0, 0.05) is 6.20 Å². The first-order valence-corrected chi connectivity index (χ1v) is 4.46. The summed E-state index contributed by atoms with van der Waals surface area (Å²) in [6.07, 6.45) is -2.27. The Hall–Kier alpha value is -1.59. The van der Waals surface area contributed by atoms with Crippen LogP contribution in [0.5, 0.6) is 0 Å². The summed E-state index contributed by atoms with van der Waals surface area (Å²) in [5, 5.41) is 0. The Balaban J connectivity index is 3.13. The van der Waals surface area contributed by atoms with Gasteiger partial charge < -0.3 is 4.74 Å². The van der Waals surface area contributed by atoms with Crippen molar-refractivity contribution in [3.05, 3.63) is 28.8 Å². The second-order valence-electron chi connectivity index (χ2n) is 3.17. The fraction of sp³-hybridized carbons (Fsp3) is 0.400. The number of esters is 1. The molecule has 6 heteroatoms. The first-order chi connectivity index (χ1) is 7.47. The fourth-order valence-electron chi connectivity index (χ4n) is 1.23. The number of rotatable bonds is 3. The second-order valence-corrected chi connectivity index (χ2v) is 3.17. The molecule has 88 valence electrons. The Kier molecular flexibility index (Phi) is 3.87. The maximum absolute atomic E-state index is 13.5. The van der Waals surface area contributed by atoms with Gasteiger partial charge in [0.2, 0.25) is 0 Å². The minimum Gasteiger partial charge on any atom is -0.469 e. The van der Waals surface area contributed by atoms with E-state index < -0.39 is 30.2 Å². The van der Waals surface area contributed by atoms with Crippen LogP contribution in [0.25, 0.3) is 0 Å². The molecule has 0 N–H and O–H groups in total. The Morgan fingerprint density at radius 3 is 2.69 bits per heavy atom. The number of methoxy groups -OCH3 is 1. The molecule has 0 unspecified atom stereocenters. The molecule has 0 atom stereocenters. The van der Waals surface area contributed by atoms with Crippen LogP contribution in [-0.4, -0.2) is 18.1 Å². The second kappa shape index (κ2) is 4.96. The van der Waals surface area contributed by atoms with Crippen molar-refractivity contribution < 1.29 is 22.7 Å². The number of ether oxygens (including phenoxy) is 1. The highest BCUT2D eigenvalue weighted by Crippen LogP contribution is 2.26. The predicted molar refractivity (Wildman–Crippen MR) is 49.6 cm³/mol. The number of carbonyl (C=O) groups excluding carboxylic acids is 1. The highest BCUT2D eigenvalue weighted by atomic mass is 19.3. The topological polar surface area (TPSA) is 39.2 Å². The summed E-state index contributed by atoms with van der Waals surface area (Å²) in [5.74, 6) is -1.86. The molecule has 1 aromatic heterocycles. The molecule has 1 heterocycles. The van der Waals surface area contributed by atoms with E-state index in [1.165, 1.54) is 6.92 Å². The number of carbonyl (C=O) groups is 1. The summed E-state index contributed by atoms with van der Waals surface area (Å²) in [4.78, 5) is 14.5. The van der Waals surface area contributed by atoms with Crippen LogP contribution in [0.4, 0.5) is 13.2 Å². The summed E-state index contributed by atoms with van der Waals surface area (Å²) in [5.41, 5.74) is -0.984. The van der Waals surface area contributed by atoms with E-state index in [-0.39, 0.29) is 11.3 Å². The molecule has 1 aromatic rings. The van der Waals surface area contributed by atoms with Gasteiger partial charge in [0.05, 0.1) is 24.8 Å². The van der Waals surface area contributed by atoms with Crippen molar-refractivity contribution in [1.29, 1.82) is 0 Å². The van der Waals surface area contributed by atoms with Crippen LogP contribution in [0.15, 0.2) is 6.20 Å². The van der Waals surface area contributed by atoms with Gasteiger partial charge in [-0.1, -0.05) is 0 Å². The highest BCUT2D eigenvalue weighted by Gasteiger charge is 2.21. The van der Waals surface area contributed by atoms with Gasteiger partial charge >= 0.3 is 5.97 Å². The van der Waals surface area contributed by atoms with Crippen molar-refractivity contribution in [2.45, 2.75) is 19.8 Å². The van der Waals surface area contributed by atoms with E-state index in [9.17, 15) is 18.0 Å². The molecule has 0 amide bonds. The lowest BCUT2D eigenvalue weighted by atomic mass is 10.1. The first kappa shape index (κ1) is 12.5. The SMILES string of the molecule is COC(=O)Cc1ncc(C)c(C(F)F)c1F. The van der Waals surface area contributed by atoms with Crippen LogP contribution in [0.2, 0.25) is 0 Å². The Bertz CT molecular complexity index is 407. The fourth-order valence-corrected chi connectivity index (χ4v) is 1.23. The number of aryl methyl sites for hydroxylation is 1. The third-order valence-corrected chi connectivity index (χ3v) is 2.09. The van der Waals surface area contributed by atoms with E-state index in [1.54, 1.807) is 0 Å². The van der Waals surface area contributed by atoms with Crippen molar-refractivity contribution in [1.82, 2.24) is 4.98 Å². The quantitative estimate of drug-likeness (QED) is 0.751. The molecule has 0 saturated carbocycles. The third-order valence-electron chi connectivity index (χ3n) is 2.09. The number of halogens is 3. The van der Waals surface area contributed by atoms with Gasteiger partial charge in [-0.05, 0) is 12.5 Å². The van der Waals surface area contributed by atoms with Crippen LogP contribution in [0, 0.1) is 12.7 Å². The molecule has 16 heavy (non-hydrogen) atoms. The normalized spacial score (nSPS) is 10.6. The summed E-state index contributed by atoms with van der Waals surface area (Å²) >= 11 is 0. The average Bonchev–Trinajstić information content (AvgIpc) is 2.21. The maximum atomic E-state index is 13.5. The van der Waals surface area contributed by atoms with Gasteiger partial charge in [-0.2, -0.15) is 0 Å². The molecule has 1 rings (SSSR count). The zero-order chi connectivity index (χ0) is 12.3. The van der Waals surface area contributed by atoms with Crippen molar-refractivity contribution >= 4 is 5.97 Å². The molecule has 0 fully saturated rings. The largest absolute Gasteiger partial charge is 0.469 e. The maximum Gasteiger partial charge on any atom is 0.311 e. The molecular formula is C10H10F3NO2. The van der Waals surface area contributed by atoms with Gasteiger partial charge in [-0.3, -0.25) is 9.78 Å². The molecule has 0 saturated heterocycles. The molecule has 0 aromatic carbocycles. The Labute approximate surface area is 90.2 Å². The van der Waals surface area contributed by atoms with Crippen molar-refractivity contribution in [2.75, 3.05) is 7.11 Å². The van der Waals surface area contributed by atoms with Crippen LogP contribution >= 0.6 is 0 Å². The number of aromatic nitrogens is 1. The number of hydrogen-bond donors (Lipinski definition) is 0. The highest BCUT2D eigenvalue weighted by molar-refractivity contribution is 5.71. The van der Waals surface area contributed by atoms with Gasteiger partial charge in [0.1, 0.15) is 0 Å².